The molecule has 0 radical (unpaired) electrons. The zero-order chi connectivity index (χ0) is 25.0. The number of methoxy groups -OCH3 is 2. The molecule has 8 nitrogen and oxygen atoms in total. The second kappa shape index (κ2) is 12.9. The van der Waals surface area contributed by atoms with Gasteiger partial charge in [-0.1, -0.05) is 30.3 Å². The Morgan fingerprint density at radius 3 is 2.27 bits per heavy atom. The zero-order valence-corrected chi connectivity index (χ0v) is 17.7. The molecule has 0 heterocycles. The maximum absolute atomic E-state index is 12.3. The topological polar surface area (TPSA) is 128 Å². The van der Waals surface area contributed by atoms with Crippen LogP contribution in [0.4, 0.5) is 13.2 Å². The van der Waals surface area contributed by atoms with E-state index in [1.807, 2.05) is 6.07 Å². The van der Waals surface area contributed by atoms with Gasteiger partial charge in [0.05, 0.1) is 14.2 Å². The molecule has 0 bridgehead atoms. The Kier molecular flexibility index (Phi) is 10.6. The van der Waals surface area contributed by atoms with Crippen molar-refractivity contribution in [1.82, 2.24) is 0 Å². The second-order valence-corrected chi connectivity index (χ2v) is 6.16. The van der Waals surface area contributed by atoms with Crippen molar-refractivity contribution in [3.05, 3.63) is 65.2 Å². The molecule has 33 heavy (non-hydrogen) atoms. The number of carboxylic acids is 1. The van der Waals surface area contributed by atoms with Crippen LogP contribution in [0.2, 0.25) is 0 Å². The first-order chi connectivity index (χ1) is 15.5. The number of esters is 1. The summed E-state index contributed by atoms with van der Waals surface area (Å²) in [6, 6.07) is 12.3. The number of carbonyl (C=O) groups is 3. The summed E-state index contributed by atoms with van der Waals surface area (Å²) in [5, 5.41) is 8.78. The van der Waals surface area contributed by atoms with Crippen LogP contribution in [0.25, 0.3) is 6.08 Å². The zero-order valence-electron chi connectivity index (χ0n) is 17.7. The standard InChI is InChI=1S/C20H21NO5.C2HF3O2/c1-24-19-11-14(7-9-18(19)26-13-20(23)25-2)6-8-17(22)16-5-3-4-15(10-16)12-21;3-2(4,5)1(6)7/h3-11H,12-13,21H2,1-2H3;(H,6,7)/p-1/b8-6+;. The van der Waals surface area contributed by atoms with Gasteiger partial charge in [0, 0.05) is 12.1 Å². The van der Waals surface area contributed by atoms with E-state index in [0.717, 1.165) is 11.1 Å². The predicted octanol–water partition coefficient (Wildman–Crippen LogP) is 1.90. The van der Waals surface area contributed by atoms with Gasteiger partial charge in [0.15, 0.2) is 23.9 Å². The smallest absolute Gasteiger partial charge is 0.430 e. The first-order valence-electron chi connectivity index (χ1n) is 9.19. The number of allylic oxidation sites excluding steroid dienone is 1. The monoisotopic (exact) mass is 468 g/mol. The molecule has 0 amide bonds. The van der Waals surface area contributed by atoms with E-state index in [2.05, 4.69) is 4.74 Å². The number of nitrogens with two attached hydrogens (primary N) is 1. The molecule has 2 rings (SSSR count). The van der Waals surface area contributed by atoms with Crippen LogP contribution < -0.4 is 20.3 Å². The number of alkyl halides is 3. The van der Waals surface area contributed by atoms with Crippen LogP contribution in [-0.2, 0) is 20.9 Å². The van der Waals surface area contributed by atoms with Crippen molar-refractivity contribution in [2.75, 3.05) is 20.8 Å². The van der Waals surface area contributed by atoms with Crippen molar-refractivity contribution >= 4 is 23.8 Å². The number of aliphatic carboxylic acids is 1. The number of hydrogen-bond acceptors (Lipinski definition) is 8. The molecule has 2 aromatic carbocycles. The maximum atomic E-state index is 12.3. The average molecular weight is 468 g/mol. The Bertz CT molecular complexity index is 1000. The van der Waals surface area contributed by atoms with Gasteiger partial charge in [-0.05, 0) is 35.4 Å². The summed E-state index contributed by atoms with van der Waals surface area (Å²) >= 11 is 0. The van der Waals surface area contributed by atoms with E-state index in [0.29, 0.717) is 23.6 Å². The summed E-state index contributed by atoms with van der Waals surface area (Å²) in [5.74, 6) is -2.75. The minimum absolute atomic E-state index is 0.120. The fraction of sp³-hybridized carbons (Fsp3) is 0.227. The lowest BCUT2D eigenvalue weighted by atomic mass is 10.1. The number of carbonyl (C=O) groups excluding carboxylic acids is 3. The van der Waals surface area contributed by atoms with Gasteiger partial charge in [-0.15, -0.1) is 0 Å². The lowest BCUT2D eigenvalue weighted by Gasteiger charge is -2.10. The molecule has 0 aliphatic carbocycles. The van der Waals surface area contributed by atoms with E-state index in [-0.39, 0.29) is 12.4 Å². The largest absolute Gasteiger partial charge is 0.542 e. The van der Waals surface area contributed by atoms with Crippen LogP contribution in [0, 0.1) is 0 Å². The summed E-state index contributed by atoms with van der Waals surface area (Å²) in [4.78, 5) is 32.2. The Morgan fingerprint density at radius 1 is 1.06 bits per heavy atom. The third kappa shape index (κ3) is 9.44. The third-order valence-corrected chi connectivity index (χ3v) is 3.87. The van der Waals surface area contributed by atoms with Crippen molar-refractivity contribution in [1.29, 1.82) is 0 Å². The number of ether oxygens (including phenoxy) is 3. The molecule has 0 unspecified atom stereocenters. The van der Waals surface area contributed by atoms with Gasteiger partial charge in [-0.3, -0.25) is 4.79 Å². The lowest BCUT2D eigenvalue weighted by molar-refractivity contribution is -0.344. The normalized spacial score (nSPS) is 10.7. The number of ketones is 1. The quantitative estimate of drug-likeness (QED) is 0.354. The van der Waals surface area contributed by atoms with Gasteiger partial charge in [0.2, 0.25) is 0 Å². The summed E-state index contributed by atoms with van der Waals surface area (Å²) in [6.45, 7) is 0.174. The molecule has 0 saturated heterocycles. The molecule has 0 aromatic heterocycles. The first kappa shape index (κ1) is 27.2. The number of hydrogen-bond donors (Lipinski definition) is 1. The number of halogens is 3. The Hall–Kier alpha value is -3.86. The minimum Gasteiger partial charge on any atom is -0.542 e. The summed E-state index contributed by atoms with van der Waals surface area (Å²) in [7, 11) is 2.79. The lowest BCUT2D eigenvalue weighted by Crippen LogP contribution is -2.37. The summed E-state index contributed by atoms with van der Waals surface area (Å²) < 4.78 is 46.7. The molecule has 0 aliphatic rings. The van der Waals surface area contributed by atoms with E-state index in [1.165, 1.54) is 20.3 Å². The van der Waals surface area contributed by atoms with E-state index < -0.39 is 18.1 Å². The van der Waals surface area contributed by atoms with Gasteiger partial charge >= 0.3 is 12.1 Å². The highest BCUT2D eigenvalue weighted by Gasteiger charge is 2.28. The van der Waals surface area contributed by atoms with Gasteiger partial charge in [0.25, 0.3) is 0 Å². The SMILES string of the molecule is COC(=O)COc1ccc(/C=C/C(=O)c2cccc(CN)c2)cc1OC.O=C([O-])C(F)(F)F. The van der Waals surface area contributed by atoms with Crippen molar-refractivity contribution < 1.29 is 46.9 Å². The maximum Gasteiger partial charge on any atom is 0.430 e. The number of benzene rings is 2. The highest BCUT2D eigenvalue weighted by Crippen LogP contribution is 2.28. The molecule has 11 heteroatoms. The van der Waals surface area contributed by atoms with Gasteiger partial charge in [-0.25, -0.2) is 4.79 Å². The van der Waals surface area contributed by atoms with Crippen LogP contribution in [0.1, 0.15) is 21.5 Å². The Balaban J connectivity index is 0.000000675. The number of carboxylic acid groups (broad SMARTS) is 1. The van der Waals surface area contributed by atoms with Crippen LogP contribution >= 0.6 is 0 Å². The fourth-order valence-corrected chi connectivity index (χ4v) is 2.22. The van der Waals surface area contributed by atoms with Crippen molar-refractivity contribution in [2.45, 2.75) is 12.7 Å². The Labute approximate surface area is 187 Å². The molecular formula is C22H21F3NO7-. The van der Waals surface area contributed by atoms with Crippen LogP contribution in [-0.4, -0.2) is 44.7 Å². The van der Waals surface area contributed by atoms with E-state index >= 15 is 0 Å². The minimum atomic E-state index is -5.19. The molecule has 2 N–H and O–H groups in total. The molecular weight excluding hydrogens is 447 g/mol. The van der Waals surface area contributed by atoms with Gasteiger partial charge in [-0.2, -0.15) is 13.2 Å². The molecule has 0 spiro atoms. The molecule has 178 valence electrons. The van der Waals surface area contributed by atoms with Crippen LogP contribution in [0.3, 0.4) is 0 Å². The van der Waals surface area contributed by atoms with Crippen molar-refractivity contribution in [2.24, 2.45) is 5.73 Å². The van der Waals surface area contributed by atoms with E-state index in [9.17, 15) is 22.8 Å². The molecule has 0 aliphatic heterocycles. The third-order valence-electron chi connectivity index (χ3n) is 3.87. The van der Waals surface area contributed by atoms with Gasteiger partial charge in [0.1, 0.15) is 5.97 Å². The van der Waals surface area contributed by atoms with Crippen molar-refractivity contribution in [3.63, 3.8) is 0 Å². The van der Waals surface area contributed by atoms with Crippen molar-refractivity contribution in [3.8, 4) is 11.5 Å². The second-order valence-electron chi connectivity index (χ2n) is 6.16. The fourth-order valence-electron chi connectivity index (χ4n) is 2.22. The highest BCUT2D eigenvalue weighted by molar-refractivity contribution is 6.06. The highest BCUT2D eigenvalue weighted by atomic mass is 19.4. The number of rotatable bonds is 8. The molecule has 0 fully saturated rings. The van der Waals surface area contributed by atoms with E-state index in [1.54, 1.807) is 42.5 Å². The first-order valence-corrected chi connectivity index (χ1v) is 9.19. The van der Waals surface area contributed by atoms with Crippen LogP contribution in [0.5, 0.6) is 11.5 Å². The Morgan fingerprint density at radius 2 is 1.73 bits per heavy atom. The molecule has 0 saturated carbocycles. The molecule has 2 aromatic rings. The summed E-state index contributed by atoms with van der Waals surface area (Å²) in [6.07, 6.45) is -2.02. The predicted molar refractivity (Wildman–Crippen MR) is 109 cm³/mol. The average Bonchev–Trinajstić information content (AvgIpc) is 2.80. The van der Waals surface area contributed by atoms with E-state index in [4.69, 9.17) is 25.1 Å². The molecule has 0 atom stereocenters. The van der Waals surface area contributed by atoms with Gasteiger partial charge < -0.3 is 29.8 Å². The summed E-state index contributed by atoms with van der Waals surface area (Å²) in [5.41, 5.74) is 7.84. The van der Waals surface area contributed by atoms with Crippen LogP contribution in [0.15, 0.2) is 48.5 Å².